The van der Waals surface area contributed by atoms with Gasteiger partial charge in [0, 0.05) is 5.56 Å². The van der Waals surface area contributed by atoms with E-state index in [9.17, 15) is 13.2 Å². The van der Waals surface area contributed by atoms with Gasteiger partial charge in [0.2, 0.25) is 5.44 Å². The van der Waals surface area contributed by atoms with Crippen molar-refractivity contribution in [2.24, 2.45) is 0 Å². The molecule has 0 aromatic heterocycles. The number of ether oxygens (including phenoxy) is 1. The molecule has 0 aliphatic heterocycles. The average molecular weight is 289 g/mol. The fourth-order valence-corrected chi connectivity index (χ4v) is 3.45. The quantitative estimate of drug-likeness (QED) is 0.819. The van der Waals surface area contributed by atoms with Crippen molar-refractivity contribution < 1.29 is 17.9 Å². The molecule has 1 radical (unpaired) electrons. The highest BCUT2D eigenvalue weighted by molar-refractivity contribution is 7.90. The molecule has 0 aliphatic rings. The van der Waals surface area contributed by atoms with Gasteiger partial charge in [0.25, 0.3) is 0 Å². The summed E-state index contributed by atoms with van der Waals surface area (Å²) in [5, 5.41) is 0. The Morgan fingerprint density at radius 3 is 2.05 bits per heavy atom. The Balaban J connectivity index is 2.31. The lowest BCUT2D eigenvalue weighted by molar-refractivity contribution is 0.245. The minimum atomic E-state index is -3.68. The summed E-state index contributed by atoms with van der Waals surface area (Å²) in [5.41, 5.74) is -0.281. The van der Waals surface area contributed by atoms with Gasteiger partial charge in [-0.25, -0.2) is 13.2 Å². The van der Waals surface area contributed by atoms with Gasteiger partial charge in [-0.3, -0.25) is 0 Å². The van der Waals surface area contributed by atoms with Gasteiger partial charge in [-0.15, -0.1) is 0 Å². The molecule has 2 aromatic rings. The maximum atomic E-state index is 12.4. The highest BCUT2D eigenvalue weighted by Gasteiger charge is 2.29. The van der Waals surface area contributed by atoms with E-state index in [1.165, 1.54) is 6.47 Å². The van der Waals surface area contributed by atoms with Crippen molar-refractivity contribution in [3.8, 4) is 0 Å². The first-order valence-electron chi connectivity index (χ1n) is 5.97. The molecule has 4 nitrogen and oxygen atoms in total. The van der Waals surface area contributed by atoms with E-state index in [2.05, 4.69) is 4.74 Å². The van der Waals surface area contributed by atoms with E-state index in [1.807, 2.05) is 0 Å². The first kappa shape index (κ1) is 14.3. The molecule has 0 saturated heterocycles. The van der Waals surface area contributed by atoms with Crippen molar-refractivity contribution in [3.05, 3.63) is 71.8 Å². The summed E-state index contributed by atoms with van der Waals surface area (Å²) >= 11 is 0. The Kier molecular flexibility index (Phi) is 4.53. The number of carbonyl (C=O) groups excluding carboxylic acids is 1. The van der Waals surface area contributed by atoms with E-state index in [-0.39, 0.29) is 5.75 Å². The zero-order valence-electron chi connectivity index (χ0n) is 10.6. The van der Waals surface area contributed by atoms with Crippen LogP contribution in [0.1, 0.15) is 16.6 Å². The largest absolute Gasteiger partial charge is 0.432 e. The summed E-state index contributed by atoms with van der Waals surface area (Å²) in [6.07, 6.45) is 0. The summed E-state index contributed by atoms with van der Waals surface area (Å²) < 4.78 is 29.4. The Bertz CT molecular complexity index is 651. The van der Waals surface area contributed by atoms with Crippen molar-refractivity contribution in [3.63, 3.8) is 0 Å². The monoisotopic (exact) mass is 289 g/mol. The minimum absolute atomic E-state index is 0.199. The van der Waals surface area contributed by atoms with Crippen LogP contribution in [0.25, 0.3) is 0 Å². The van der Waals surface area contributed by atoms with Crippen molar-refractivity contribution in [1.29, 1.82) is 0 Å². The number of rotatable bonds is 6. The van der Waals surface area contributed by atoms with Crippen LogP contribution in [0.4, 0.5) is 0 Å². The second-order valence-corrected chi connectivity index (χ2v) is 6.28. The molecule has 0 heterocycles. The standard InChI is InChI=1S/C15H13O4S/c16-12-19-15(14-9-5-2-6-10-14)20(17,18)11-13-7-3-1-4-8-13/h1-10,15H,11H2. The van der Waals surface area contributed by atoms with Gasteiger partial charge >= 0.3 is 6.47 Å². The lowest BCUT2D eigenvalue weighted by Gasteiger charge is -2.15. The average Bonchev–Trinajstić information content (AvgIpc) is 2.46. The predicted molar refractivity (Wildman–Crippen MR) is 75.0 cm³/mol. The molecule has 1 unspecified atom stereocenters. The molecular weight excluding hydrogens is 276 g/mol. The number of sulfone groups is 1. The normalized spacial score (nSPS) is 12.6. The second-order valence-electron chi connectivity index (χ2n) is 4.24. The molecule has 0 spiro atoms. The maximum absolute atomic E-state index is 12.4. The van der Waals surface area contributed by atoms with Gasteiger partial charge in [-0.05, 0) is 5.56 Å². The fourth-order valence-electron chi connectivity index (χ4n) is 1.88. The summed E-state index contributed by atoms with van der Waals surface area (Å²) in [5.74, 6) is -0.199. The van der Waals surface area contributed by atoms with Crippen molar-refractivity contribution in [2.45, 2.75) is 11.2 Å². The van der Waals surface area contributed by atoms with Gasteiger partial charge in [-0.1, -0.05) is 60.7 Å². The molecular formula is C15H13O4S. The number of hydrogen-bond acceptors (Lipinski definition) is 4. The molecule has 5 heteroatoms. The molecule has 0 bridgehead atoms. The third-order valence-electron chi connectivity index (χ3n) is 2.76. The number of hydrogen-bond donors (Lipinski definition) is 0. The summed E-state index contributed by atoms with van der Waals surface area (Å²) in [7, 11) is -3.68. The zero-order valence-corrected chi connectivity index (χ0v) is 11.4. The lowest BCUT2D eigenvalue weighted by Crippen LogP contribution is -2.18. The third kappa shape index (κ3) is 3.45. The minimum Gasteiger partial charge on any atom is -0.432 e. The highest BCUT2D eigenvalue weighted by atomic mass is 32.2. The van der Waals surface area contributed by atoms with E-state index in [0.717, 1.165) is 0 Å². The smallest absolute Gasteiger partial charge is 0.419 e. The Morgan fingerprint density at radius 1 is 0.950 bits per heavy atom. The number of benzene rings is 2. The SMILES string of the molecule is O=[C]OC(c1ccccc1)S(=O)(=O)Cc1ccccc1. The van der Waals surface area contributed by atoms with E-state index < -0.39 is 15.3 Å². The van der Waals surface area contributed by atoms with Crippen LogP contribution in [0, 0.1) is 0 Å². The van der Waals surface area contributed by atoms with Crippen LogP contribution < -0.4 is 0 Å². The van der Waals surface area contributed by atoms with Crippen LogP contribution in [-0.4, -0.2) is 14.9 Å². The Morgan fingerprint density at radius 2 is 1.50 bits per heavy atom. The first-order chi connectivity index (χ1) is 9.63. The summed E-state index contributed by atoms with van der Waals surface area (Å²) in [4.78, 5) is 10.5. The van der Waals surface area contributed by atoms with Crippen molar-refractivity contribution in [2.75, 3.05) is 0 Å². The van der Waals surface area contributed by atoms with Gasteiger partial charge in [-0.2, -0.15) is 0 Å². The van der Waals surface area contributed by atoms with Crippen molar-refractivity contribution in [1.82, 2.24) is 0 Å². The topological polar surface area (TPSA) is 60.4 Å². The predicted octanol–water partition coefficient (Wildman–Crippen LogP) is 2.38. The van der Waals surface area contributed by atoms with E-state index in [1.54, 1.807) is 60.7 Å². The van der Waals surface area contributed by atoms with Gasteiger partial charge in [0.1, 0.15) is 0 Å². The fraction of sp³-hybridized carbons (Fsp3) is 0.133. The molecule has 0 fully saturated rings. The van der Waals surface area contributed by atoms with Crippen LogP contribution in [0.5, 0.6) is 0 Å². The first-order valence-corrected chi connectivity index (χ1v) is 7.68. The van der Waals surface area contributed by atoms with E-state index in [4.69, 9.17) is 0 Å². The van der Waals surface area contributed by atoms with Crippen LogP contribution in [0.3, 0.4) is 0 Å². The summed E-state index contributed by atoms with van der Waals surface area (Å²) in [6.45, 7) is 1.23. The van der Waals surface area contributed by atoms with Crippen LogP contribution in [-0.2, 0) is 25.1 Å². The highest BCUT2D eigenvalue weighted by Crippen LogP contribution is 2.26. The van der Waals surface area contributed by atoms with Gasteiger partial charge in [0.05, 0.1) is 5.75 Å². The van der Waals surface area contributed by atoms with Crippen molar-refractivity contribution >= 4 is 16.3 Å². The Hall–Kier alpha value is -2.14. The molecule has 1 atom stereocenters. The lowest BCUT2D eigenvalue weighted by atomic mass is 10.2. The molecule has 0 saturated carbocycles. The van der Waals surface area contributed by atoms with Gasteiger partial charge < -0.3 is 4.74 Å². The molecule has 0 N–H and O–H groups in total. The van der Waals surface area contributed by atoms with Crippen LogP contribution >= 0.6 is 0 Å². The molecule has 2 rings (SSSR count). The van der Waals surface area contributed by atoms with Gasteiger partial charge in [0.15, 0.2) is 9.84 Å². The van der Waals surface area contributed by atoms with Crippen LogP contribution in [0.15, 0.2) is 60.7 Å². The molecule has 103 valence electrons. The maximum Gasteiger partial charge on any atom is 0.419 e. The Labute approximate surface area is 117 Å². The summed E-state index contributed by atoms with van der Waals surface area (Å²) in [6, 6.07) is 17.1. The molecule has 0 amide bonds. The molecule has 2 aromatic carbocycles. The van der Waals surface area contributed by atoms with E-state index in [0.29, 0.717) is 11.1 Å². The third-order valence-corrected chi connectivity index (χ3v) is 4.52. The van der Waals surface area contributed by atoms with E-state index >= 15 is 0 Å². The molecule has 20 heavy (non-hydrogen) atoms. The van der Waals surface area contributed by atoms with Crippen LogP contribution in [0.2, 0.25) is 0 Å². The molecule has 0 aliphatic carbocycles. The second kappa shape index (κ2) is 6.34. The zero-order chi connectivity index (χ0) is 14.4.